The van der Waals surface area contributed by atoms with Crippen LogP contribution in [-0.2, 0) is 14.4 Å². The van der Waals surface area contributed by atoms with Crippen LogP contribution in [0.3, 0.4) is 0 Å². The van der Waals surface area contributed by atoms with Crippen molar-refractivity contribution in [1.82, 2.24) is 0 Å². The van der Waals surface area contributed by atoms with E-state index in [1.165, 1.54) is 42.5 Å². The molecule has 2 fully saturated rings. The van der Waals surface area contributed by atoms with Gasteiger partial charge in [-0.2, -0.15) is 0 Å². The summed E-state index contributed by atoms with van der Waals surface area (Å²) in [7, 11) is 0. The van der Waals surface area contributed by atoms with Crippen molar-refractivity contribution in [2.75, 3.05) is 15.1 Å². The van der Waals surface area contributed by atoms with Crippen molar-refractivity contribution in [2.45, 2.75) is 19.0 Å². The number of fused-ring (bicyclic) bond motifs is 5. The minimum Gasteiger partial charge on any atom is -0.351 e. The van der Waals surface area contributed by atoms with Gasteiger partial charge in [0.25, 0.3) is 11.4 Å². The summed E-state index contributed by atoms with van der Waals surface area (Å²) in [6.07, 6.45) is 3.68. The van der Waals surface area contributed by atoms with Gasteiger partial charge in [-0.05, 0) is 42.3 Å². The molecular formula is C28H21N5O7. The highest BCUT2D eigenvalue weighted by molar-refractivity contribution is 6.25. The molecule has 0 bridgehead atoms. The standard InChI is InChI=1S/C28H21N5O7/c1-15-14-19(33(39)40)11-13-20(15)31-27(35)23-22-12-6-16-4-2-3-5-21(16)30(22)25(24(23)28(31)36)26(34)29-17-7-9-18(10-8-17)32(37)38/h2-14,22-25H,1H3,(H,29,34)/t22-,23-,24-,25+/m1/s1. The second kappa shape index (κ2) is 9.12. The molecule has 3 aliphatic rings. The van der Waals surface area contributed by atoms with Gasteiger partial charge in [-0.3, -0.25) is 34.6 Å². The molecule has 3 aliphatic heterocycles. The van der Waals surface area contributed by atoms with Crippen molar-refractivity contribution in [1.29, 1.82) is 0 Å². The second-order valence-electron chi connectivity index (χ2n) is 9.85. The number of carbonyl (C=O) groups is 3. The van der Waals surface area contributed by atoms with Crippen molar-refractivity contribution < 1.29 is 24.2 Å². The van der Waals surface area contributed by atoms with E-state index in [0.29, 0.717) is 16.9 Å². The Morgan fingerprint density at radius 3 is 2.17 bits per heavy atom. The normalized spacial score (nSPS) is 22.5. The number of nitro benzene ring substituents is 2. The van der Waals surface area contributed by atoms with Gasteiger partial charge < -0.3 is 10.2 Å². The van der Waals surface area contributed by atoms with Gasteiger partial charge in [0.1, 0.15) is 6.04 Å². The Balaban J connectivity index is 1.41. The minimum absolute atomic E-state index is 0.139. The largest absolute Gasteiger partial charge is 0.351 e. The molecule has 0 aromatic heterocycles. The highest BCUT2D eigenvalue weighted by Gasteiger charge is 2.64. The van der Waals surface area contributed by atoms with Crippen molar-refractivity contribution in [2.24, 2.45) is 11.8 Å². The van der Waals surface area contributed by atoms with Crippen LogP contribution in [0.25, 0.3) is 6.08 Å². The van der Waals surface area contributed by atoms with Crippen LogP contribution in [0.1, 0.15) is 11.1 Å². The summed E-state index contributed by atoms with van der Waals surface area (Å²) in [6, 6.07) is 14.9. The van der Waals surface area contributed by atoms with Crippen molar-refractivity contribution >= 4 is 52.2 Å². The molecular weight excluding hydrogens is 518 g/mol. The first-order chi connectivity index (χ1) is 19.2. The molecule has 2 saturated heterocycles. The molecule has 3 amide bonds. The number of imide groups is 1. The smallest absolute Gasteiger partial charge is 0.269 e. The van der Waals surface area contributed by atoms with Crippen molar-refractivity contribution in [3.05, 3.63) is 104 Å². The fraction of sp³-hybridized carbons (Fsp3) is 0.179. The van der Waals surface area contributed by atoms with Crippen LogP contribution in [0.15, 0.2) is 72.8 Å². The van der Waals surface area contributed by atoms with E-state index in [0.717, 1.165) is 10.5 Å². The SMILES string of the molecule is Cc1cc([N+](=O)[O-])ccc1N1C(=O)[C@@H]2[C@H](C1=O)[C@H]1C=Cc3ccccc3N1[C@@H]2C(=O)Nc1ccc([N+](=O)[O-])cc1. The van der Waals surface area contributed by atoms with Gasteiger partial charge in [0.2, 0.25) is 17.7 Å². The summed E-state index contributed by atoms with van der Waals surface area (Å²) in [5, 5.41) is 25.0. The average Bonchev–Trinajstić information content (AvgIpc) is 3.41. The van der Waals surface area contributed by atoms with Gasteiger partial charge in [0.15, 0.2) is 0 Å². The van der Waals surface area contributed by atoms with Crippen molar-refractivity contribution in [3.63, 3.8) is 0 Å². The number of rotatable bonds is 5. The average molecular weight is 540 g/mol. The van der Waals surface area contributed by atoms with Crippen molar-refractivity contribution in [3.8, 4) is 0 Å². The number of anilines is 3. The third kappa shape index (κ3) is 3.72. The van der Waals surface area contributed by atoms with Crippen LogP contribution in [0, 0.1) is 39.0 Å². The number of para-hydroxylation sites is 1. The molecule has 0 radical (unpaired) electrons. The summed E-state index contributed by atoms with van der Waals surface area (Å²) in [5.74, 6) is -3.52. The maximum Gasteiger partial charge on any atom is 0.269 e. The molecule has 0 saturated carbocycles. The number of benzene rings is 3. The van der Waals surface area contributed by atoms with Gasteiger partial charge >= 0.3 is 0 Å². The number of amides is 3. The van der Waals surface area contributed by atoms with E-state index in [2.05, 4.69) is 5.32 Å². The quantitative estimate of drug-likeness (QED) is 0.291. The van der Waals surface area contributed by atoms with E-state index in [1.807, 2.05) is 36.4 Å². The lowest BCUT2D eigenvalue weighted by molar-refractivity contribution is -0.385. The lowest BCUT2D eigenvalue weighted by atomic mass is 9.88. The summed E-state index contributed by atoms with van der Waals surface area (Å²) in [4.78, 5) is 65.7. The zero-order valence-electron chi connectivity index (χ0n) is 21.0. The molecule has 3 aromatic rings. The number of nitro groups is 2. The molecule has 40 heavy (non-hydrogen) atoms. The summed E-state index contributed by atoms with van der Waals surface area (Å²) < 4.78 is 0. The van der Waals surface area contributed by atoms with E-state index >= 15 is 0 Å². The van der Waals surface area contributed by atoms with Gasteiger partial charge in [-0.1, -0.05) is 30.4 Å². The van der Waals surface area contributed by atoms with Crippen LogP contribution in [0.2, 0.25) is 0 Å². The molecule has 0 spiro atoms. The lowest BCUT2D eigenvalue weighted by Gasteiger charge is -2.36. The van der Waals surface area contributed by atoms with Gasteiger partial charge in [-0.25, -0.2) is 4.90 Å². The zero-order valence-corrected chi connectivity index (χ0v) is 21.0. The monoisotopic (exact) mass is 539 g/mol. The van der Waals surface area contributed by atoms with E-state index in [-0.39, 0.29) is 17.1 Å². The minimum atomic E-state index is -1.07. The molecule has 200 valence electrons. The van der Waals surface area contributed by atoms with Crippen LogP contribution >= 0.6 is 0 Å². The third-order valence-electron chi connectivity index (χ3n) is 7.66. The molecule has 6 rings (SSSR count). The van der Waals surface area contributed by atoms with Crippen LogP contribution < -0.4 is 15.1 Å². The number of non-ortho nitro benzene ring substituents is 2. The van der Waals surface area contributed by atoms with Gasteiger partial charge in [0.05, 0.1) is 33.4 Å². The summed E-state index contributed by atoms with van der Waals surface area (Å²) >= 11 is 0. The number of aryl methyl sites for hydroxylation is 1. The van der Waals surface area contributed by atoms with Crippen LogP contribution in [0.4, 0.5) is 28.4 Å². The fourth-order valence-corrected chi connectivity index (χ4v) is 5.94. The first-order valence-electron chi connectivity index (χ1n) is 12.4. The first kappa shape index (κ1) is 24.9. The topological polar surface area (TPSA) is 156 Å². The van der Waals surface area contributed by atoms with E-state index < -0.39 is 51.5 Å². The maximum atomic E-state index is 14.0. The van der Waals surface area contributed by atoms with Crippen LogP contribution in [-0.4, -0.2) is 39.7 Å². The Hall–Kier alpha value is -5.39. The number of hydrogen-bond donors (Lipinski definition) is 1. The lowest BCUT2D eigenvalue weighted by Crippen LogP contribution is -2.50. The van der Waals surface area contributed by atoms with E-state index in [4.69, 9.17) is 0 Å². The highest BCUT2D eigenvalue weighted by Crippen LogP contribution is 2.49. The predicted octanol–water partition coefficient (Wildman–Crippen LogP) is 3.84. The number of hydrogen-bond acceptors (Lipinski definition) is 8. The molecule has 3 aromatic carbocycles. The highest BCUT2D eigenvalue weighted by atomic mass is 16.6. The fourth-order valence-electron chi connectivity index (χ4n) is 5.94. The first-order valence-corrected chi connectivity index (χ1v) is 12.4. The van der Waals surface area contributed by atoms with Gasteiger partial charge in [0, 0.05) is 35.6 Å². The number of nitrogens with one attached hydrogen (secondary N) is 1. The number of carbonyl (C=O) groups excluding carboxylic acids is 3. The Kier molecular flexibility index (Phi) is 5.68. The number of nitrogens with zero attached hydrogens (tertiary/aromatic N) is 4. The molecule has 0 aliphatic carbocycles. The molecule has 0 unspecified atom stereocenters. The molecule has 12 heteroatoms. The molecule has 1 N–H and O–H groups in total. The maximum absolute atomic E-state index is 14.0. The Labute approximate surface area is 226 Å². The predicted molar refractivity (Wildman–Crippen MR) is 145 cm³/mol. The van der Waals surface area contributed by atoms with Crippen LogP contribution in [0.5, 0.6) is 0 Å². The molecule has 4 atom stereocenters. The third-order valence-corrected chi connectivity index (χ3v) is 7.66. The summed E-state index contributed by atoms with van der Waals surface area (Å²) in [6.45, 7) is 1.58. The molecule has 3 heterocycles. The Morgan fingerprint density at radius 1 is 0.850 bits per heavy atom. The zero-order chi connectivity index (χ0) is 28.3. The van der Waals surface area contributed by atoms with Gasteiger partial charge in [-0.15, -0.1) is 0 Å². The second-order valence-corrected chi connectivity index (χ2v) is 9.85. The van der Waals surface area contributed by atoms with E-state index in [1.54, 1.807) is 11.8 Å². The molecule has 12 nitrogen and oxygen atoms in total. The van der Waals surface area contributed by atoms with E-state index in [9.17, 15) is 34.6 Å². The summed E-state index contributed by atoms with van der Waals surface area (Å²) in [5.41, 5.74) is 2.14. The Morgan fingerprint density at radius 2 is 1.50 bits per heavy atom. The Bertz CT molecular complexity index is 1650.